The van der Waals surface area contributed by atoms with Crippen molar-refractivity contribution >= 4 is 9.73 Å². The summed E-state index contributed by atoms with van der Waals surface area (Å²) in [7, 11) is -2.74. The molecule has 0 aromatic carbocycles. The van der Waals surface area contributed by atoms with Crippen LogP contribution < -0.4 is 0 Å². The van der Waals surface area contributed by atoms with Crippen molar-refractivity contribution in [1.82, 2.24) is 9.97 Å². The Morgan fingerprint density at radius 1 is 1.36 bits per heavy atom. The molecule has 0 aliphatic heterocycles. The first kappa shape index (κ1) is 11.1. The maximum absolute atomic E-state index is 11.4. The van der Waals surface area contributed by atoms with Crippen molar-refractivity contribution in [2.24, 2.45) is 0 Å². The van der Waals surface area contributed by atoms with E-state index >= 15 is 0 Å². The highest BCUT2D eigenvalue weighted by molar-refractivity contribution is 7.91. The predicted octanol–water partition coefficient (Wildman–Crippen LogP) is 1.81. The van der Waals surface area contributed by atoms with Gasteiger partial charge in [0, 0.05) is 11.7 Å². The van der Waals surface area contributed by atoms with E-state index in [4.69, 9.17) is 4.78 Å². The van der Waals surface area contributed by atoms with Crippen LogP contribution in [0.1, 0.15) is 26.5 Å². The van der Waals surface area contributed by atoms with Gasteiger partial charge < -0.3 is 0 Å². The van der Waals surface area contributed by atoms with Gasteiger partial charge >= 0.3 is 0 Å². The number of rotatable bonds is 1. The molecular weight excluding hydrogens is 198 g/mol. The standard InChI is InChI=1S/C9H15N3OS/c1-9(2,3)7-5-8(12-6-11-7)14(4,10)13/h5-6,10H,1-4H3. The Kier molecular flexibility index (Phi) is 2.63. The van der Waals surface area contributed by atoms with Gasteiger partial charge in [0.2, 0.25) is 0 Å². The lowest BCUT2D eigenvalue weighted by Crippen LogP contribution is -2.15. The summed E-state index contributed by atoms with van der Waals surface area (Å²) >= 11 is 0. The van der Waals surface area contributed by atoms with Gasteiger partial charge in [0.25, 0.3) is 0 Å². The average molecular weight is 213 g/mol. The molecule has 0 saturated carbocycles. The van der Waals surface area contributed by atoms with Crippen molar-refractivity contribution < 1.29 is 4.21 Å². The molecule has 1 aromatic heterocycles. The van der Waals surface area contributed by atoms with Crippen LogP contribution in [0.25, 0.3) is 0 Å². The maximum atomic E-state index is 11.4. The molecule has 1 aromatic rings. The molecule has 5 heteroatoms. The zero-order chi connectivity index (χ0) is 11.0. The molecule has 1 atom stereocenters. The fourth-order valence-electron chi connectivity index (χ4n) is 0.963. The van der Waals surface area contributed by atoms with Crippen molar-refractivity contribution in [3.8, 4) is 0 Å². The zero-order valence-electron chi connectivity index (χ0n) is 8.87. The highest BCUT2D eigenvalue weighted by Gasteiger charge is 2.17. The Hall–Kier alpha value is -0.970. The lowest BCUT2D eigenvalue weighted by Gasteiger charge is -2.17. The fourth-order valence-corrected chi connectivity index (χ4v) is 1.55. The van der Waals surface area contributed by atoms with Crippen molar-refractivity contribution in [2.45, 2.75) is 31.2 Å². The molecular formula is C9H15N3OS. The monoisotopic (exact) mass is 213 g/mol. The quantitative estimate of drug-likeness (QED) is 0.723. The average Bonchev–Trinajstić information content (AvgIpc) is 2.01. The normalized spacial score (nSPS) is 16.3. The van der Waals surface area contributed by atoms with E-state index in [2.05, 4.69) is 9.97 Å². The summed E-state index contributed by atoms with van der Waals surface area (Å²) in [6.45, 7) is 6.04. The van der Waals surface area contributed by atoms with Gasteiger partial charge in [0.1, 0.15) is 11.4 Å². The number of hydrogen-bond acceptors (Lipinski definition) is 4. The van der Waals surface area contributed by atoms with Gasteiger partial charge in [-0.25, -0.2) is 19.0 Å². The molecule has 0 radical (unpaired) electrons. The van der Waals surface area contributed by atoms with E-state index in [0.29, 0.717) is 5.03 Å². The van der Waals surface area contributed by atoms with Crippen LogP contribution in [0.3, 0.4) is 0 Å². The maximum Gasteiger partial charge on any atom is 0.138 e. The highest BCUT2D eigenvalue weighted by atomic mass is 32.2. The summed E-state index contributed by atoms with van der Waals surface area (Å²) in [5, 5.41) is 0.303. The first-order chi connectivity index (χ1) is 6.21. The summed E-state index contributed by atoms with van der Waals surface area (Å²) in [5.74, 6) is 0. The second kappa shape index (κ2) is 3.31. The third-order valence-electron chi connectivity index (χ3n) is 1.81. The molecule has 1 N–H and O–H groups in total. The summed E-state index contributed by atoms with van der Waals surface area (Å²) < 4.78 is 18.9. The van der Waals surface area contributed by atoms with Crippen LogP contribution >= 0.6 is 0 Å². The van der Waals surface area contributed by atoms with Gasteiger partial charge in [0.15, 0.2) is 0 Å². The molecule has 0 saturated heterocycles. The molecule has 4 nitrogen and oxygen atoms in total. The predicted molar refractivity (Wildman–Crippen MR) is 55.8 cm³/mol. The number of aromatic nitrogens is 2. The lowest BCUT2D eigenvalue weighted by molar-refractivity contribution is 0.562. The Labute approximate surface area is 84.8 Å². The van der Waals surface area contributed by atoms with E-state index < -0.39 is 9.73 Å². The largest absolute Gasteiger partial charge is 0.248 e. The summed E-state index contributed by atoms with van der Waals surface area (Å²) in [6.07, 6.45) is 2.73. The molecule has 78 valence electrons. The number of hydrogen-bond donors (Lipinski definition) is 1. The van der Waals surface area contributed by atoms with E-state index in [1.807, 2.05) is 20.8 Å². The molecule has 1 unspecified atom stereocenters. The second-order valence-electron chi connectivity index (χ2n) is 4.34. The van der Waals surface area contributed by atoms with Gasteiger partial charge in [-0.3, -0.25) is 0 Å². The highest BCUT2D eigenvalue weighted by Crippen LogP contribution is 2.20. The van der Waals surface area contributed by atoms with Crippen molar-refractivity contribution in [1.29, 1.82) is 4.78 Å². The van der Waals surface area contributed by atoms with Crippen LogP contribution in [0, 0.1) is 4.78 Å². The van der Waals surface area contributed by atoms with E-state index in [-0.39, 0.29) is 5.41 Å². The summed E-state index contributed by atoms with van der Waals surface area (Å²) in [4.78, 5) is 7.95. The third-order valence-corrected chi connectivity index (χ3v) is 2.83. The van der Waals surface area contributed by atoms with Crippen molar-refractivity contribution in [2.75, 3.05) is 6.26 Å². The molecule has 0 spiro atoms. The number of nitrogens with one attached hydrogen (secondary N) is 1. The van der Waals surface area contributed by atoms with Crippen molar-refractivity contribution in [3.63, 3.8) is 0 Å². The first-order valence-corrected chi connectivity index (χ1v) is 6.24. The van der Waals surface area contributed by atoms with E-state index in [9.17, 15) is 4.21 Å². The van der Waals surface area contributed by atoms with Crippen LogP contribution in [-0.2, 0) is 15.1 Å². The Balaban J connectivity index is 3.29. The van der Waals surface area contributed by atoms with Gasteiger partial charge in [0.05, 0.1) is 15.4 Å². The van der Waals surface area contributed by atoms with E-state index in [0.717, 1.165) is 5.69 Å². The molecule has 0 aliphatic carbocycles. The topological polar surface area (TPSA) is 66.7 Å². The summed E-state index contributed by atoms with van der Waals surface area (Å²) in [5.41, 5.74) is 0.701. The zero-order valence-corrected chi connectivity index (χ0v) is 9.68. The van der Waals surface area contributed by atoms with Crippen LogP contribution in [0.4, 0.5) is 0 Å². The minimum atomic E-state index is -2.74. The second-order valence-corrected chi connectivity index (χ2v) is 6.44. The molecule has 0 fully saturated rings. The smallest absolute Gasteiger partial charge is 0.138 e. The van der Waals surface area contributed by atoms with Crippen LogP contribution in [0.15, 0.2) is 17.4 Å². The van der Waals surface area contributed by atoms with E-state index in [1.54, 1.807) is 6.07 Å². The molecule has 1 heterocycles. The Bertz CT molecular complexity index is 432. The minimum absolute atomic E-state index is 0.109. The minimum Gasteiger partial charge on any atom is -0.248 e. The molecule has 0 bridgehead atoms. The van der Waals surface area contributed by atoms with Crippen LogP contribution in [0.5, 0.6) is 0 Å². The first-order valence-electron chi connectivity index (χ1n) is 4.27. The molecule has 0 amide bonds. The van der Waals surface area contributed by atoms with Gasteiger partial charge in [-0.2, -0.15) is 0 Å². The van der Waals surface area contributed by atoms with Crippen molar-refractivity contribution in [3.05, 3.63) is 18.1 Å². The fraction of sp³-hybridized carbons (Fsp3) is 0.556. The Morgan fingerprint density at radius 2 is 1.93 bits per heavy atom. The molecule has 14 heavy (non-hydrogen) atoms. The van der Waals surface area contributed by atoms with E-state index in [1.165, 1.54) is 12.6 Å². The Morgan fingerprint density at radius 3 is 2.36 bits per heavy atom. The SMILES string of the molecule is CC(C)(C)c1cc(S(C)(=N)=O)ncn1. The molecule has 0 aliphatic rings. The van der Waals surface area contributed by atoms with Gasteiger partial charge in [-0.15, -0.1) is 0 Å². The third kappa shape index (κ3) is 2.51. The number of nitrogens with zero attached hydrogens (tertiary/aromatic N) is 2. The lowest BCUT2D eigenvalue weighted by atomic mass is 9.92. The summed E-state index contributed by atoms with van der Waals surface area (Å²) in [6, 6.07) is 1.65. The van der Waals surface area contributed by atoms with Crippen LogP contribution in [-0.4, -0.2) is 20.4 Å². The van der Waals surface area contributed by atoms with Gasteiger partial charge in [-0.1, -0.05) is 20.8 Å². The van der Waals surface area contributed by atoms with Crippen LogP contribution in [0.2, 0.25) is 0 Å². The molecule has 1 rings (SSSR count). The van der Waals surface area contributed by atoms with Gasteiger partial charge in [-0.05, 0) is 6.07 Å².